The Morgan fingerprint density at radius 2 is 1.88 bits per heavy atom. The minimum Gasteiger partial charge on any atom is -0.496 e. The summed E-state index contributed by atoms with van der Waals surface area (Å²) in [5, 5.41) is 1.06. The van der Waals surface area contributed by atoms with Crippen LogP contribution < -0.4 is 4.74 Å². The van der Waals surface area contributed by atoms with Gasteiger partial charge in [0.25, 0.3) is 0 Å². The number of para-hydroxylation sites is 1. The molecular formula is C19H17N3OS. The first-order valence-corrected chi connectivity index (χ1v) is 8.86. The van der Waals surface area contributed by atoms with Crippen LogP contribution >= 0.6 is 11.8 Å². The summed E-state index contributed by atoms with van der Waals surface area (Å²) in [4.78, 5) is 14.2. The summed E-state index contributed by atoms with van der Waals surface area (Å²) in [5.41, 5.74) is 4.95. The fourth-order valence-electron chi connectivity index (χ4n) is 2.90. The number of benzene rings is 1. The highest BCUT2D eigenvalue weighted by Crippen LogP contribution is 2.39. The highest BCUT2D eigenvalue weighted by atomic mass is 32.2. The molecule has 1 aliphatic heterocycles. The molecule has 4 nitrogen and oxygen atoms in total. The van der Waals surface area contributed by atoms with Crippen molar-refractivity contribution in [1.82, 2.24) is 15.0 Å². The third-order valence-electron chi connectivity index (χ3n) is 4.04. The minimum absolute atomic E-state index is 0.674. The van der Waals surface area contributed by atoms with Crippen LogP contribution in [0, 0.1) is 6.92 Å². The Morgan fingerprint density at radius 1 is 1.00 bits per heavy atom. The average molecular weight is 335 g/mol. The van der Waals surface area contributed by atoms with Gasteiger partial charge in [0.05, 0.1) is 12.8 Å². The summed E-state index contributed by atoms with van der Waals surface area (Å²) in [6.07, 6.45) is 0.981. The average Bonchev–Trinajstić information content (AvgIpc) is 3.09. The Balaban J connectivity index is 1.94. The maximum absolute atomic E-state index is 5.54. The molecule has 0 radical (unpaired) electrons. The van der Waals surface area contributed by atoms with Crippen molar-refractivity contribution < 1.29 is 4.74 Å². The zero-order valence-electron chi connectivity index (χ0n) is 13.6. The van der Waals surface area contributed by atoms with E-state index in [0.29, 0.717) is 5.82 Å². The van der Waals surface area contributed by atoms with Crippen LogP contribution in [0.3, 0.4) is 0 Å². The van der Waals surface area contributed by atoms with E-state index in [1.807, 2.05) is 43.3 Å². The van der Waals surface area contributed by atoms with Crippen molar-refractivity contribution in [2.45, 2.75) is 18.4 Å². The molecule has 120 valence electrons. The predicted octanol–water partition coefficient (Wildman–Crippen LogP) is 4.17. The van der Waals surface area contributed by atoms with Gasteiger partial charge in [-0.15, -0.1) is 11.8 Å². The lowest BCUT2D eigenvalue weighted by molar-refractivity contribution is 0.416. The smallest absolute Gasteiger partial charge is 0.179 e. The maximum Gasteiger partial charge on any atom is 0.179 e. The van der Waals surface area contributed by atoms with Crippen LogP contribution in [0.2, 0.25) is 0 Å². The van der Waals surface area contributed by atoms with E-state index in [1.165, 1.54) is 5.56 Å². The fraction of sp³-hybridized carbons (Fsp3) is 0.211. The van der Waals surface area contributed by atoms with Crippen molar-refractivity contribution in [3.8, 4) is 28.5 Å². The molecule has 0 aliphatic carbocycles. The Labute approximate surface area is 145 Å². The number of rotatable bonds is 3. The van der Waals surface area contributed by atoms with Crippen LogP contribution in [0.15, 0.2) is 47.5 Å². The molecule has 0 amide bonds. The molecule has 3 heterocycles. The summed E-state index contributed by atoms with van der Waals surface area (Å²) < 4.78 is 5.54. The molecule has 1 aliphatic rings. The lowest BCUT2D eigenvalue weighted by Gasteiger charge is -2.12. The number of ether oxygens (including phenoxy) is 1. The van der Waals surface area contributed by atoms with Gasteiger partial charge in [0.15, 0.2) is 5.82 Å². The van der Waals surface area contributed by atoms with E-state index in [0.717, 1.165) is 45.6 Å². The summed E-state index contributed by atoms with van der Waals surface area (Å²) in [7, 11) is 1.69. The quantitative estimate of drug-likeness (QED) is 0.672. The first-order chi connectivity index (χ1) is 11.8. The van der Waals surface area contributed by atoms with Gasteiger partial charge in [0.2, 0.25) is 0 Å². The van der Waals surface area contributed by atoms with Gasteiger partial charge < -0.3 is 4.74 Å². The number of methoxy groups -OCH3 is 1. The van der Waals surface area contributed by atoms with Crippen molar-refractivity contribution >= 4 is 11.8 Å². The zero-order chi connectivity index (χ0) is 16.5. The molecule has 24 heavy (non-hydrogen) atoms. The molecule has 4 rings (SSSR count). The number of aromatic nitrogens is 3. The third-order valence-corrected chi connectivity index (χ3v) is 5.06. The second-order valence-electron chi connectivity index (χ2n) is 5.64. The van der Waals surface area contributed by atoms with E-state index in [9.17, 15) is 0 Å². The van der Waals surface area contributed by atoms with E-state index in [-0.39, 0.29) is 0 Å². The summed E-state index contributed by atoms with van der Waals surface area (Å²) in [5.74, 6) is 2.54. The minimum atomic E-state index is 0.674. The molecular weight excluding hydrogens is 318 g/mol. The Bertz CT molecular complexity index is 911. The first-order valence-electron chi connectivity index (χ1n) is 7.87. The highest BCUT2D eigenvalue weighted by molar-refractivity contribution is 7.99. The second kappa shape index (κ2) is 6.24. The molecule has 0 saturated carbocycles. The predicted molar refractivity (Wildman–Crippen MR) is 96.4 cm³/mol. The zero-order valence-corrected chi connectivity index (χ0v) is 14.4. The molecule has 0 atom stereocenters. The normalized spacial score (nSPS) is 12.9. The maximum atomic E-state index is 5.54. The molecule has 0 bridgehead atoms. The number of hydrogen-bond acceptors (Lipinski definition) is 5. The molecule has 0 unspecified atom stereocenters. The van der Waals surface area contributed by atoms with Crippen molar-refractivity contribution in [2.75, 3.05) is 12.9 Å². The van der Waals surface area contributed by atoms with Gasteiger partial charge in [0.1, 0.15) is 16.5 Å². The molecule has 1 aromatic carbocycles. The number of fused-ring (bicyclic) bond motifs is 1. The Hall–Kier alpha value is -2.40. The SMILES string of the molecule is COc1ccccc1-c1nc(-c2cccc(C)n2)nc2c1CCS2. The summed E-state index contributed by atoms with van der Waals surface area (Å²) in [6, 6.07) is 13.9. The lowest BCUT2D eigenvalue weighted by Crippen LogP contribution is -2.01. The van der Waals surface area contributed by atoms with Crippen LogP contribution in [0.4, 0.5) is 0 Å². The van der Waals surface area contributed by atoms with Crippen molar-refractivity contribution in [2.24, 2.45) is 0 Å². The van der Waals surface area contributed by atoms with Crippen LogP contribution in [0.25, 0.3) is 22.8 Å². The van der Waals surface area contributed by atoms with Gasteiger partial charge in [-0.2, -0.15) is 0 Å². The Morgan fingerprint density at radius 3 is 2.71 bits per heavy atom. The third kappa shape index (κ3) is 2.65. The molecule has 0 N–H and O–H groups in total. The molecule has 5 heteroatoms. The largest absolute Gasteiger partial charge is 0.496 e. The van der Waals surface area contributed by atoms with Crippen molar-refractivity contribution in [3.05, 3.63) is 53.7 Å². The van der Waals surface area contributed by atoms with E-state index in [1.54, 1.807) is 18.9 Å². The first kappa shape index (κ1) is 15.1. The summed E-state index contributed by atoms with van der Waals surface area (Å²) in [6.45, 7) is 1.98. The monoisotopic (exact) mass is 335 g/mol. The highest BCUT2D eigenvalue weighted by Gasteiger charge is 2.23. The number of pyridine rings is 1. The number of hydrogen-bond donors (Lipinski definition) is 0. The van der Waals surface area contributed by atoms with Crippen molar-refractivity contribution in [1.29, 1.82) is 0 Å². The number of thioether (sulfide) groups is 1. The second-order valence-corrected chi connectivity index (χ2v) is 6.73. The standard InChI is InChI=1S/C19H17N3OS/c1-12-6-5-8-15(20-12)18-21-17(14-10-11-24-19(14)22-18)13-7-3-4-9-16(13)23-2/h3-9H,10-11H2,1-2H3. The van der Waals surface area contributed by atoms with E-state index < -0.39 is 0 Å². The van der Waals surface area contributed by atoms with Gasteiger partial charge in [-0.1, -0.05) is 18.2 Å². The molecule has 2 aromatic heterocycles. The van der Waals surface area contributed by atoms with Gasteiger partial charge in [0, 0.05) is 22.6 Å². The number of nitrogens with zero attached hydrogens (tertiary/aromatic N) is 3. The summed E-state index contributed by atoms with van der Waals surface area (Å²) >= 11 is 1.78. The van der Waals surface area contributed by atoms with Gasteiger partial charge in [-0.05, 0) is 37.6 Å². The Kier molecular flexibility index (Phi) is 3.94. The van der Waals surface area contributed by atoms with Crippen molar-refractivity contribution in [3.63, 3.8) is 0 Å². The number of aryl methyl sites for hydroxylation is 1. The molecule has 0 spiro atoms. The van der Waals surface area contributed by atoms with Crippen LogP contribution in [0.5, 0.6) is 5.75 Å². The van der Waals surface area contributed by atoms with Gasteiger partial charge >= 0.3 is 0 Å². The van der Waals surface area contributed by atoms with Gasteiger partial charge in [-0.25, -0.2) is 15.0 Å². The van der Waals surface area contributed by atoms with E-state index in [4.69, 9.17) is 14.7 Å². The topological polar surface area (TPSA) is 47.9 Å². The van der Waals surface area contributed by atoms with Gasteiger partial charge in [-0.3, -0.25) is 0 Å². The fourth-order valence-corrected chi connectivity index (χ4v) is 3.93. The van der Waals surface area contributed by atoms with Crippen LogP contribution in [0.1, 0.15) is 11.3 Å². The molecule has 0 saturated heterocycles. The van der Waals surface area contributed by atoms with E-state index >= 15 is 0 Å². The van der Waals surface area contributed by atoms with Crippen LogP contribution in [-0.2, 0) is 6.42 Å². The molecule has 0 fully saturated rings. The lowest BCUT2D eigenvalue weighted by atomic mass is 10.0. The van der Waals surface area contributed by atoms with E-state index in [2.05, 4.69) is 11.1 Å². The van der Waals surface area contributed by atoms with Crippen LogP contribution in [-0.4, -0.2) is 27.8 Å². The molecule has 3 aromatic rings.